The molecule has 3 aromatic heterocycles. The van der Waals surface area contributed by atoms with E-state index in [0.717, 1.165) is 74.1 Å². The van der Waals surface area contributed by atoms with Crippen molar-refractivity contribution in [2.75, 3.05) is 6.54 Å². The second kappa shape index (κ2) is 7.85. The highest BCUT2D eigenvalue weighted by atomic mass is 35.5. The van der Waals surface area contributed by atoms with Gasteiger partial charge in [0.25, 0.3) is 0 Å². The van der Waals surface area contributed by atoms with Crippen LogP contribution in [0.25, 0.3) is 21.3 Å². The highest BCUT2D eigenvalue weighted by Gasteiger charge is 2.34. The second-order valence-corrected chi connectivity index (χ2v) is 9.82. The Hall–Kier alpha value is -2.45. The lowest BCUT2D eigenvalue weighted by molar-refractivity contribution is 0.177. The van der Waals surface area contributed by atoms with E-state index in [0.29, 0.717) is 17.9 Å². The average Bonchev–Trinajstić information content (AvgIpc) is 3.53. The Morgan fingerprint density at radius 3 is 3.09 bits per heavy atom. The maximum atomic E-state index is 10.3. The summed E-state index contributed by atoms with van der Waals surface area (Å²) >= 11 is 8.11. The monoisotopic (exact) mass is 467 g/mol. The summed E-state index contributed by atoms with van der Waals surface area (Å²) in [5, 5.41) is 18.7. The molecule has 0 saturated heterocycles. The number of hydrogen-bond acceptors (Lipinski definition) is 7. The Balaban J connectivity index is 1.44. The quantitative estimate of drug-likeness (QED) is 0.420. The molecule has 0 aliphatic carbocycles. The molecule has 5 heterocycles. The van der Waals surface area contributed by atoms with Gasteiger partial charge in [-0.2, -0.15) is 0 Å². The number of hydrogen-bond donors (Lipinski definition) is 2. The number of thiophene rings is 1. The van der Waals surface area contributed by atoms with E-state index in [2.05, 4.69) is 15.5 Å². The summed E-state index contributed by atoms with van der Waals surface area (Å²) in [6.07, 6.45) is 3.30. The van der Waals surface area contributed by atoms with Crippen molar-refractivity contribution in [2.24, 2.45) is 0 Å². The number of aliphatic hydroxyl groups excluding tert-OH is 1. The maximum absolute atomic E-state index is 10.3. The highest BCUT2D eigenvalue weighted by molar-refractivity contribution is 7.19. The third-order valence-electron chi connectivity index (χ3n) is 6.27. The van der Waals surface area contributed by atoms with Gasteiger partial charge in [0.15, 0.2) is 11.9 Å². The summed E-state index contributed by atoms with van der Waals surface area (Å²) in [6.45, 7) is 3.64. The first-order chi connectivity index (χ1) is 15.6. The Morgan fingerprint density at radius 1 is 1.31 bits per heavy atom. The van der Waals surface area contributed by atoms with Crippen LogP contribution in [0.1, 0.15) is 53.0 Å². The van der Waals surface area contributed by atoms with E-state index in [1.54, 1.807) is 17.5 Å². The van der Waals surface area contributed by atoms with Gasteiger partial charge in [0.2, 0.25) is 0 Å². The van der Waals surface area contributed by atoms with Crippen molar-refractivity contribution in [1.82, 2.24) is 15.5 Å². The molecule has 32 heavy (non-hydrogen) atoms. The molecule has 2 aliphatic heterocycles. The van der Waals surface area contributed by atoms with Crippen LogP contribution >= 0.6 is 22.9 Å². The SMILES string of the molecule is CC[C@@H](O)c1cc2nccc(-c3cc(Cl)cc4c3OC(c3onc5c3CNCC5)C4)c2s1. The fraction of sp³-hybridized carbons (Fsp3) is 0.333. The molecule has 6 rings (SSSR count). The van der Waals surface area contributed by atoms with Crippen molar-refractivity contribution < 1.29 is 14.4 Å². The zero-order valence-corrected chi connectivity index (χ0v) is 19.1. The first kappa shape index (κ1) is 20.2. The molecular weight excluding hydrogens is 446 g/mol. The van der Waals surface area contributed by atoms with Crippen LogP contribution in [-0.2, 0) is 19.4 Å². The van der Waals surface area contributed by atoms with Crippen LogP contribution in [0.4, 0.5) is 0 Å². The third kappa shape index (κ3) is 3.23. The van der Waals surface area contributed by atoms with E-state index in [9.17, 15) is 5.11 Å². The second-order valence-electron chi connectivity index (χ2n) is 8.30. The van der Waals surface area contributed by atoms with Crippen LogP contribution in [0.2, 0.25) is 5.02 Å². The summed E-state index contributed by atoms with van der Waals surface area (Å²) in [7, 11) is 0. The smallest absolute Gasteiger partial charge is 0.182 e. The molecule has 1 unspecified atom stereocenters. The third-order valence-corrected chi connectivity index (χ3v) is 7.74. The van der Waals surface area contributed by atoms with Crippen molar-refractivity contribution in [3.05, 3.63) is 62.9 Å². The van der Waals surface area contributed by atoms with E-state index in [1.165, 1.54) is 0 Å². The van der Waals surface area contributed by atoms with Gasteiger partial charge in [-0.3, -0.25) is 4.98 Å². The molecule has 0 spiro atoms. The Morgan fingerprint density at radius 2 is 2.22 bits per heavy atom. The number of pyridine rings is 1. The molecule has 0 saturated carbocycles. The Bertz CT molecular complexity index is 1330. The summed E-state index contributed by atoms with van der Waals surface area (Å²) in [5.41, 5.74) is 6.01. The predicted octanol–water partition coefficient (Wildman–Crippen LogP) is 5.37. The standard InChI is InChI=1S/C24H22ClN3O3S/c1-2-19(29)21-10-18-24(32-21)14(3-6-27-18)15-9-13(25)7-12-8-20(30-22(12)15)23-16-11-26-5-4-17(16)28-31-23/h3,6-7,9-10,19-20,26,29H,2,4-5,8,11H2,1H3/t19-,20?/m1/s1. The number of nitrogens with zero attached hydrogens (tertiary/aromatic N) is 2. The number of rotatable bonds is 4. The number of ether oxygens (including phenoxy) is 1. The summed E-state index contributed by atoms with van der Waals surface area (Å²) < 4.78 is 13.3. The molecule has 1 aromatic carbocycles. The summed E-state index contributed by atoms with van der Waals surface area (Å²) in [4.78, 5) is 5.44. The zero-order chi connectivity index (χ0) is 21.8. The summed E-state index contributed by atoms with van der Waals surface area (Å²) in [6, 6.07) is 7.88. The van der Waals surface area contributed by atoms with Crippen molar-refractivity contribution in [3.63, 3.8) is 0 Å². The van der Waals surface area contributed by atoms with Gasteiger partial charge in [-0.1, -0.05) is 23.7 Å². The van der Waals surface area contributed by atoms with Crippen LogP contribution < -0.4 is 10.1 Å². The summed E-state index contributed by atoms with van der Waals surface area (Å²) in [5.74, 6) is 1.63. The van der Waals surface area contributed by atoms with Crippen molar-refractivity contribution in [1.29, 1.82) is 0 Å². The van der Waals surface area contributed by atoms with Gasteiger partial charge in [0.05, 0.1) is 22.0 Å². The van der Waals surface area contributed by atoms with Gasteiger partial charge in [-0.15, -0.1) is 11.3 Å². The minimum atomic E-state index is -0.487. The van der Waals surface area contributed by atoms with E-state index in [-0.39, 0.29) is 6.10 Å². The van der Waals surface area contributed by atoms with Crippen LogP contribution in [0.3, 0.4) is 0 Å². The molecule has 164 valence electrons. The Labute approximate surface area is 194 Å². The van der Waals surface area contributed by atoms with Gasteiger partial charge >= 0.3 is 0 Å². The van der Waals surface area contributed by atoms with E-state index in [4.69, 9.17) is 20.9 Å². The van der Waals surface area contributed by atoms with E-state index in [1.807, 2.05) is 31.2 Å². The van der Waals surface area contributed by atoms with Crippen LogP contribution in [-0.4, -0.2) is 21.8 Å². The molecule has 2 atom stereocenters. The average molecular weight is 468 g/mol. The van der Waals surface area contributed by atoms with Crippen LogP contribution in [0, 0.1) is 0 Å². The lowest BCUT2D eigenvalue weighted by Gasteiger charge is -2.15. The van der Waals surface area contributed by atoms with Crippen molar-refractivity contribution in [3.8, 4) is 16.9 Å². The normalized spacial score (nSPS) is 18.4. The van der Waals surface area contributed by atoms with Gasteiger partial charge in [-0.25, -0.2) is 0 Å². The maximum Gasteiger partial charge on any atom is 0.182 e. The van der Waals surface area contributed by atoms with Crippen LogP contribution in [0.5, 0.6) is 5.75 Å². The van der Waals surface area contributed by atoms with Crippen LogP contribution in [0.15, 0.2) is 35.0 Å². The topological polar surface area (TPSA) is 80.4 Å². The van der Waals surface area contributed by atoms with Crippen molar-refractivity contribution >= 4 is 33.2 Å². The number of aliphatic hydroxyl groups is 1. The fourth-order valence-corrected chi connectivity index (χ4v) is 6.07. The molecule has 0 amide bonds. The van der Waals surface area contributed by atoms with Gasteiger partial charge in [0.1, 0.15) is 5.75 Å². The molecule has 4 aromatic rings. The number of aromatic nitrogens is 2. The minimum absolute atomic E-state index is 0.225. The lowest BCUT2D eigenvalue weighted by Crippen LogP contribution is -2.24. The molecule has 8 heteroatoms. The number of halogens is 1. The number of nitrogens with one attached hydrogen (secondary N) is 1. The molecule has 6 nitrogen and oxygen atoms in total. The minimum Gasteiger partial charge on any atom is -0.481 e. The van der Waals surface area contributed by atoms with Crippen molar-refractivity contribution in [2.45, 2.75) is 44.9 Å². The predicted molar refractivity (Wildman–Crippen MR) is 124 cm³/mol. The lowest BCUT2D eigenvalue weighted by atomic mass is 9.99. The number of benzene rings is 1. The fourth-order valence-electron chi connectivity index (χ4n) is 4.62. The molecule has 0 fully saturated rings. The van der Waals surface area contributed by atoms with E-state index < -0.39 is 6.10 Å². The molecule has 2 N–H and O–H groups in total. The van der Waals surface area contributed by atoms with Gasteiger partial charge < -0.3 is 19.7 Å². The zero-order valence-electron chi connectivity index (χ0n) is 17.5. The molecule has 0 radical (unpaired) electrons. The molecule has 2 aliphatic rings. The van der Waals surface area contributed by atoms with Gasteiger partial charge in [-0.05, 0) is 30.7 Å². The molecule has 0 bridgehead atoms. The first-order valence-electron chi connectivity index (χ1n) is 10.9. The highest BCUT2D eigenvalue weighted by Crippen LogP contribution is 2.48. The first-order valence-corrected chi connectivity index (χ1v) is 12.1. The number of fused-ring (bicyclic) bond motifs is 3. The Kier molecular flexibility index (Phi) is 4.95. The largest absolute Gasteiger partial charge is 0.481 e. The van der Waals surface area contributed by atoms with Gasteiger partial charge in [0, 0.05) is 64.3 Å². The molecular formula is C24H22ClN3O3S. The van der Waals surface area contributed by atoms with E-state index >= 15 is 0 Å².